The summed E-state index contributed by atoms with van der Waals surface area (Å²) >= 11 is 0. The van der Waals surface area contributed by atoms with Gasteiger partial charge in [0.15, 0.2) is 0 Å². The zero-order valence-corrected chi connectivity index (χ0v) is 9.14. The highest BCUT2D eigenvalue weighted by Gasteiger charge is 2.35. The molecule has 3 atom stereocenters. The van der Waals surface area contributed by atoms with Crippen molar-refractivity contribution in [3.63, 3.8) is 0 Å². The van der Waals surface area contributed by atoms with Gasteiger partial charge in [-0.1, -0.05) is 6.92 Å². The van der Waals surface area contributed by atoms with E-state index in [2.05, 4.69) is 0 Å². The average molecular weight is 214 g/mol. The zero-order chi connectivity index (χ0) is 11.6. The van der Waals surface area contributed by atoms with E-state index in [0.29, 0.717) is 18.9 Å². The summed E-state index contributed by atoms with van der Waals surface area (Å²) in [6, 6.07) is -1.07. The molecule has 5 nitrogen and oxygen atoms in total. The molecule has 3 unspecified atom stereocenters. The quantitative estimate of drug-likeness (QED) is 0.695. The van der Waals surface area contributed by atoms with Crippen molar-refractivity contribution in [2.24, 2.45) is 11.7 Å². The van der Waals surface area contributed by atoms with Crippen LogP contribution in [0.1, 0.15) is 26.7 Å². The first-order valence-corrected chi connectivity index (χ1v) is 5.21. The van der Waals surface area contributed by atoms with Gasteiger partial charge in [0, 0.05) is 6.54 Å². The monoisotopic (exact) mass is 214 g/mol. The van der Waals surface area contributed by atoms with Gasteiger partial charge in [0.05, 0.1) is 6.04 Å². The first-order chi connectivity index (χ1) is 6.93. The maximum absolute atomic E-state index is 11.0. The predicted molar refractivity (Wildman–Crippen MR) is 55.2 cm³/mol. The first-order valence-electron chi connectivity index (χ1n) is 5.21. The molecule has 5 heteroatoms. The van der Waals surface area contributed by atoms with Crippen LogP contribution < -0.4 is 5.73 Å². The van der Waals surface area contributed by atoms with Gasteiger partial charge in [-0.25, -0.2) is 0 Å². The van der Waals surface area contributed by atoms with Crippen molar-refractivity contribution in [2.45, 2.75) is 38.8 Å². The molecular formula is C10H18N2O3. The van der Waals surface area contributed by atoms with Gasteiger partial charge >= 0.3 is 5.97 Å². The minimum Gasteiger partial charge on any atom is -0.480 e. The maximum atomic E-state index is 11.0. The lowest BCUT2D eigenvalue weighted by Gasteiger charge is -2.38. The number of likely N-dealkylation sites (tertiary alicyclic amines) is 1. The Morgan fingerprint density at radius 1 is 1.53 bits per heavy atom. The van der Waals surface area contributed by atoms with Crippen LogP contribution in [0.2, 0.25) is 0 Å². The second-order valence-electron chi connectivity index (χ2n) is 4.30. The maximum Gasteiger partial charge on any atom is 0.320 e. The highest BCUT2D eigenvalue weighted by atomic mass is 16.4. The van der Waals surface area contributed by atoms with Gasteiger partial charge in [-0.05, 0) is 25.7 Å². The smallest absolute Gasteiger partial charge is 0.320 e. The summed E-state index contributed by atoms with van der Waals surface area (Å²) < 4.78 is 0. The van der Waals surface area contributed by atoms with Gasteiger partial charge in [-0.3, -0.25) is 14.5 Å². The number of rotatable bonds is 3. The van der Waals surface area contributed by atoms with Crippen LogP contribution in [-0.2, 0) is 9.59 Å². The highest BCUT2D eigenvalue weighted by molar-refractivity contribution is 5.81. The van der Waals surface area contributed by atoms with Gasteiger partial charge in [0.2, 0.25) is 5.91 Å². The van der Waals surface area contributed by atoms with Gasteiger partial charge in [-0.15, -0.1) is 0 Å². The second kappa shape index (κ2) is 4.61. The number of hydrogen-bond donors (Lipinski definition) is 2. The van der Waals surface area contributed by atoms with Crippen molar-refractivity contribution in [2.75, 3.05) is 6.54 Å². The van der Waals surface area contributed by atoms with Gasteiger partial charge in [-0.2, -0.15) is 0 Å². The van der Waals surface area contributed by atoms with E-state index in [4.69, 9.17) is 10.8 Å². The molecular weight excluding hydrogens is 196 g/mol. The van der Waals surface area contributed by atoms with Crippen molar-refractivity contribution in [3.8, 4) is 0 Å². The third-order valence-electron chi connectivity index (χ3n) is 3.10. The van der Waals surface area contributed by atoms with Crippen LogP contribution in [-0.4, -0.2) is 40.5 Å². The van der Waals surface area contributed by atoms with Crippen molar-refractivity contribution in [3.05, 3.63) is 0 Å². The molecule has 1 aliphatic heterocycles. The Labute approximate surface area is 89.2 Å². The number of nitrogens with zero attached hydrogens (tertiary/aromatic N) is 1. The lowest BCUT2D eigenvalue weighted by Crippen LogP contribution is -2.54. The topological polar surface area (TPSA) is 83.6 Å². The molecule has 1 fully saturated rings. The number of carboxylic acids is 1. The van der Waals surface area contributed by atoms with Crippen LogP contribution in [0.3, 0.4) is 0 Å². The molecule has 1 amide bonds. The number of hydrogen-bond acceptors (Lipinski definition) is 3. The minimum atomic E-state index is -0.866. The van der Waals surface area contributed by atoms with Crippen LogP contribution in [0.4, 0.5) is 0 Å². The van der Waals surface area contributed by atoms with Crippen molar-refractivity contribution in [1.82, 2.24) is 4.90 Å². The predicted octanol–water partition coefficient (Wildman–Crippen LogP) is 0.0453. The molecule has 1 saturated heterocycles. The van der Waals surface area contributed by atoms with E-state index in [-0.39, 0.29) is 0 Å². The Kier molecular flexibility index (Phi) is 3.68. The lowest BCUT2D eigenvalue weighted by molar-refractivity contribution is -0.147. The van der Waals surface area contributed by atoms with E-state index in [1.165, 1.54) is 0 Å². The van der Waals surface area contributed by atoms with Crippen LogP contribution in [0.15, 0.2) is 0 Å². The Balaban J connectivity index is 2.76. The summed E-state index contributed by atoms with van der Waals surface area (Å²) in [5.74, 6) is -0.937. The fourth-order valence-electron chi connectivity index (χ4n) is 2.03. The van der Waals surface area contributed by atoms with E-state index in [9.17, 15) is 9.59 Å². The molecule has 0 bridgehead atoms. The number of piperidine rings is 1. The molecule has 0 radical (unpaired) electrons. The summed E-state index contributed by atoms with van der Waals surface area (Å²) in [5, 5.41) is 9.06. The molecule has 1 aliphatic rings. The van der Waals surface area contributed by atoms with Crippen molar-refractivity contribution in [1.29, 1.82) is 0 Å². The number of primary amides is 1. The van der Waals surface area contributed by atoms with Crippen LogP contribution >= 0.6 is 0 Å². The molecule has 0 aromatic carbocycles. The molecule has 1 rings (SSSR count). The SMILES string of the molecule is CC1CCN(C(C)C(N)=O)C(C(=O)O)C1. The summed E-state index contributed by atoms with van der Waals surface area (Å²) in [5.41, 5.74) is 5.19. The number of carboxylic acid groups (broad SMARTS) is 1. The molecule has 3 N–H and O–H groups in total. The summed E-state index contributed by atoms with van der Waals surface area (Å²) in [7, 11) is 0. The Morgan fingerprint density at radius 2 is 2.13 bits per heavy atom. The molecule has 0 aliphatic carbocycles. The second-order valence-corrected chi connectivity index (χ2v) is 4.30. The lowest BCUT2D eigenvalue weighted by atomic mass is 9.91. The normalized spacial score (nSPS) is 29.7. The summed E-state index contributed by atoms with van der Waals surface area (Å²) in [6.45, 7) is 4.32. The molecule has 86 valence electrons. The molecule has 1 heterocycles. The molecule has 0 aromatic rings. The number of nitrogens with two attached hydrogens (primary N) is 1. The standard InChI is InChI=1S/C10H18N2O3/c1-6-3-4-12(7(2)9(11)13)8(5-6)10(14)15/h6-8H,3-5H2,1-2H3,(H2,11,13)(H,14,15). The fraction of sp³-hybridized carbons (Fsp3) is 0.800. The van der Waals surface area contributed by atoms with Gasteiger partial charge in [0.1, 0.15) is 6.04 Å². The zero-order valence-electron chi connectivity index (χ0n) is 9.14. The molecule has 0 saturated carbocycles. The van der Waals surface area contributed by atoms with E-state index in [1.807, 2.05) is 6.92 Å². The minimum absolute atomic E-state index is 0.391. The third-order valence-corrected chi connectivity index (χ3v) is 3.10. The molecule has 15 heavy (non-hydrogen) atoms. The Hall–Kier alpha value is -1.10. The largest absolute Gasteiger partial charge is 0.480 e. The Bertz CT molecular complexity index is 267. The van der Waals surface area contributed by atoms with E-state index in [0.717, 1.165) is 6.42 Å². The fourth-order valence-corrected chi connectivity index (χ4v) is 2.03. The summed E-state index contributed by atoms with van der Waals surface area (Å²) in [4.78, 5) is 23.8. The van der Waals surface area contributed by atoms with Gasteiger partial charge in [0.25, 0.3) is 0 Å². The van der Waals surface area contributed by atoms with E-state index in [1.54, 1.807) is 11.8 Å². The van der Waals surface area contributed by atoms with Crippen LogP contribution in [0, 0.1) is 5.92 Å². The first kappa shape index (κ1) is 12.0. The van der Waals surface area contributed by atoms with Crippen molar-refractivity contribution >= 4 is 11.9 Å². The average Bonchev–Trinajstić information content (AvgIpc) is 2.16. The van der Waals surface area contributed by atoms with E-state index >= 15 is 0 Å². The highest BCUT2D eigenvalue weighted by Crippen LogP contribution is 2.24. The van der Waals surface area contributed by atoms with Crippen molar-refractivity contribution < 1.29 is 14.7 Å². The number of carbonyl (C=O) groups is 2. The number of aliphatic carboxylic acids is 1. The number of amides is 1. The third kappa shape index (κ3) is 2.68. The van der Waals surface area contributed by atoms with Crippen LogP contribution in [0.5, 0.6) is 0 Å². The molecule has 0 aromatic heterocycles. The van der Waals surface area contributed by atoms with Crippen LogP contribution in [0.25, 0.3) is 0 Å². The van der Waals surface area contributed by atoms with Gasteiger partial charge < -0.3 is 10.8 Å². The van der Waals surface area contributed by atoms with E-state index < -0.39 is 24.0 Å². The Morgan fingerprint density at radius 3 is 2.60 bits per heavy atom. The number of carbonyl (C=O) groups excluding carboxylic acids is 1. The molecule has 0 spiro atoms. The summed E-state index contributed by atoms with van der Waals surface area (Å²) in [6.07, 6.45) is 1.51.